The van der Waals surface area contributed by atoms with E-state index in [1.54, 1.807) is 0 Å². The zero-order valence-electron chi connectivity index (χ0n) is 9.95. The Kier molecular flexibility index (Phi) is 2.62. The van der Waals surface area contributed by atoms with Gasteiger partial charge >= 0.3 is 0 Å². The van der Waals surface area contributed by atoms with E-state index in [0.29, 0.717) is 17.9 Å². The molecule has 0 saturated heterocycles. The largest absolute Gasteiger partial charge is 0.335 e. The zero-order valence-corrected chi connectivity index (χ0v) is 10.7. The number of nitrogens with zero attached hydrogens (tertiary/aromatic N) is 1. The Morgan fingerprint density at radius 3 is 2.82 bits per heavy atom. The molecule has 0 N–H and O–H groups in total. The van der Waals surface area contributed by atoms with Gasteiger partial charge in [0.1, 0.15) is 0 Å². The summed E-state index contributed by atoms with van der Waals surface area (Å²) in [5, 5.41) is 0.790. The van der Waals surface area contributed by atoms with Gasteiger partial charge in [0.2, 0.25) is 5.91 Å². The predicted molar refractivity (Wildman–Crippen MR) is 67.9 cm³/mol. The number of amides is 1. The number of carbonyl (C=O) groups excluding carboxylic acids is 1. The van der Waals surface area contributed by atoms with Crippen molar-refractivity contribution >= 4 is 17.5 Å². The van der Waals surface area contributed by atoms with Crippen LogP contribution in [-0.2, 0) is 17.8 Å². The van der Waals surface area contributed by atoms with Crippen LogP contribution >= 0.6 is 11.6 Å². The van der Waals surface area contributed by atoms with E-state index in [-0.39, 0.29) is 0 Å². The van der Waals surface area contributed by atoms with Gasteiger partial charge in [-0.3, -0.25) is 4.79 Å². The number of halogens is 1. The van der Waals surface area contributed by atoms with Crippen LogP contribution in [0.3, 0.4) is 0 Å². The highest BCUT2D eigenvalue weighted by molar-refractivity contribution is 6.30. The van der Waals surface area contributed by atoms with Gasteiger partial charge in [0.15, 0.2) is 0 Å². The normalized spacial score (nSPS) is 23.4. The summed E-state index contributed by atoms with van der Waals surface area (Å²) >= 11 is 6.00. The molecule has 1 heterocycles. The monoisotopic (exact) mass is 249 g/mol. The standard InChI is InChI=1S/C14H16ClNO/c1-9-6-12-7-13(15)5-4-11(12)8-16(9)14(17)10-2-3-10/h4-5,7,9-10H,2-3,6,8H2,1H3/t9-/m1/s1. The summed E-state index contributed by atoms with van der Waals surface area (Å²) in [7, 11) is 0. The molecule has 1 aromatic carbocycles. The van der Waals surface area contributed by atoms with E-state index in [1.165, 1.54) is 11.1 Å². The number of hydrogen-bond donors (Lipinski definition) is 0. The van der Waals surface area contributed by atoms with Gasteiger partial charge in [0.25, 0.3) is 0 Å². The molecule has 1 saturated carbocycles. The average Bonchev–Trinajstić information content (AvgIpc) is 3.11. The Hall–Kier alpha value is -1.02. The fourth-order valence-electron chi connectivity index (χ4n) is 2.57. The lowest BCUT2D eigenvalue weighted by Gasteiger charge is -2.35. The SMILES string of the molecule is C[C@@H]1Cc2cc(Cl)ccc2CN1C(=O)C1CC1. The van der Waals surface area contributed by atoms with E-state index in [0.717, 1.165) is 30.8 Å². The molecule has 17 heavy (non-hydrogen) atoms. The van der Waals surface area contributed by atoms with Gasteiger partial charge in [-0.05, 0) is 49.4 Å². The zero-order chi connectivity index (χ0) is 12.0. The Balaban J connectivity index is 1.86. The molecule has 1 amide bonds. The second-order valence-corrected chi connectivity index (χ2v) is 5.64. The van der Waals surface area contributed by atoms with Crippen molar-refractivity contribution in [1.29, 1.82) is 0 Å². The van der Waals surface area contributed by atoms with Crippen LogP contribution in [0.25, 0.3) is 0 Å². The number of carbonyl (C=O) groups is 1. The molecule has 1 fully saturated rings. The second kappa shape index (κ2) is 4.02. The van der Waals surface area contributed by atoms with E-state index in [9.17, 15) is 4.79 Å². The van der Waals surface area contributed by atoms with Crippen LogP contribution in [0.5, 0.6) is 0 Å². The van der Waals surface area contributed by atoms with Gasteiger partial charge in [-0.1, -0.05) is 17.7 Å². The first kappa shape index (κ1) is 11.1. The third-order valence-corrected chi connectivity index (χ3v) is 4.00. The van der Waals surface area contributed by atoms with Crippen LogP contribution in [0.15, 0.2) is 18.2 Å². The van der Waals surface area contributed by atoms with Crippen molar-refractivity contribution in [2.45, 2.75) is 38.8 Å². The van der Waals surface area contributed by atoms with Crippen LogP contribution in [0.4, 0.5) is 0 Å². The van der Waals surface area contributed by atoms with Gasteiger partial charge in [0.05, 0.1) is 0 Å². The minimum absolute atomic E-state index is 0.300. The molecule has 1 atom stereocenters. The maximum Gasteiger partial charge on any atom is 0.226 e. The molecule has 0 unspecified atom stereocenters. The Labute approximate surface area is 107 Å². The molecule has 0 spiro atoms. The van der Waals surface area contributed by atoms with Crippen LogP contribution in [-0.4, -0.2) is 16.8 Å². The van der Waals surface area contributed by atoms with E-state index in [2.05, 4.69) is 13.0 Å². The highest BCUT2D eigenvalue weighted by Crippen LogP contribution is 2.34. The first-order chi connectivity index (χ1) is 8.15. The lowest BCUT2D eigenvalue weighted by atomic mass is 9.94. The molecule has 3 rings (SSSR count). The number of benzene rings is 1. The van der Waals surface area contributed by atoms with Crippen molar-refractivity contribution in [1.82, 2.24) is 4.90 Å². The van der Waals surface area contributed by atoms with Gasteiger partial charge < -0.3 is 4.90 Å². The number of rotatable bonds is 1. The van der Waals surface area contributed by atoms with E-state index in [4.69, 9.17) is 11.6 Å². The number of fused-ring (bicyclic) bond motifs is 1. The van der Waals surface area contributed by atoms with Crippen molar-refractivity contribution in [2.24, 2.45) is 5.92 Å². The van der Waals surface area contributed by atoms with Gasteiger partial charge in [0, 0.05) is 23.5 Å². The molecule has 1 aliphatic heterocycles. The van der Waals surface area contributed by atoms with Crippen LogP contribution in [0.2, 0.25) is 5.02 Å². The molecule has 2 nitrogen and oxygen atoms in total. The summed E-state index contributed by atoms with van der Waals surface area (Å²) in [4.78, 5) is 14.2. The first-order valence-corrected chi connectivity index (χ1v) is 6.61. The molecule has 90 valence electrons. The molecule has 1 aliphatic carbocycles. The van der Waals surface area contributed by atoms with Gasteiger partial charge in [-0.2, -0.15) is 0 Å². The van der Waals surface area contributed by atoms with Gasteiger partial charge in [-0.15, -0.1) is 0 Å². The summed E-state index contributed by atoms with van der Waals surface area (Å²) in [6.07, 6.45) is 3.08. The van der Waals surface area contributed by atoms with E-state index < -0.39 is 0 Å². The smallest absolute Gasteiger partial charge is 0.226 e. The van der Waals surface area contributed by atoms with Crippen molar-refractivity contribution in [3.63, 3.8) is 0 Å². The predicted octanol–water partition coefficient (Wildman–Crippen LogP) is 3.02. The van der Waals surface area contributed by atoms with Crippen molar-refractivity contribution < 1.29 is 4.79 Å². The molecule has 0 radical (unpaired) electrons. The molecule has 0 aromatic heterocycles. The van der Waals surface area contributed by atoms with Crippen LogP contribution in [0.1, 0.15) is 30.9 Å². The summed E-state index contributed by atoms with van der Waals surface area (Å²) in [6.45, 7) is 2.88. The second-order valence-electron chi connectivity index (χ2n) is 5.21. The first-order valence-electron chi connectivity index (χ1n) is 6.23. The third-order valence-electron chi connectivity index (χ3n) is 3.77. The molecule has 0 bridgehead atoms. The number of hydrogen-bond acceptors (Lipinski definition) is 1. The fraction of sp³-hybridized carbons (Fsp3) is 0.500. The lowest BCUT2D eigenvalue weighted by Crippen LogP contribution is -2.43. The minimum Gasteiger partial charge on any atom is -0.335 e. The minimum atomic E-state index is 0.300. The Morgan fingerprint density at radius 1 is 1.35 bits per heavy atom. The van der Waals surface area contributed by atoms with Crippen LogP contribution < -0.4 is 0 Å². The molecule has 3 heteroatoms. The highest BCUT2D eigenvalue weighted by atomic mass is 35.5. The molecule has 2 aliphatic rings. The molecular formula is C14H16ClNO. The summed E-state index contributed by atoms with van der Waals surface area (Å²) < 4.78 is 0. The maximum absolute atomic E-state index is 12.1. The van der Waals surface area contributed by atoms with Crippen molar-refractivity contribution in [2.75, 3.05) is 0 Å². The summed E-state index contributed by atoms with van der Waals surface area (Å²) in [5.41, 5.74) is 2.55. The van der Waals surface area contributed by atoms with E-state index in [1.807, 2.05) is 17.0 Å². The Morgan fingerprint density at radius 2 is 2.12 bits per heavy atom. The lowest BCUT2D eigenvalue weighted by molar-refractivity contribution is -0.135. The van der Waals surface area contributed by atoms with Crippen molar-refractivity contribution in [3.8, 4) is 0 Å². The molecule has 1 aromatic rings. The summed E-state index contributed by atoms with van der Waals surface area (Å²) in [5.74, 6) is 0.657. The average molecular weight is 250 g/mol. The van der Waals surface area contributed by atoms with Crippen molar-refractivity contribution in [3.05, 3.63) is 34.3 Å². The summed E-state index contributed by atoms with van der Waals surface area (Å²) in [6, 6.07) is 6.30. The maximum atomic E-state index is 12.1. The highest BCUT2D eigenvalue weighted by Gasteiger charge is 2.36. The van der Waals surface area contributed by atoms with E-state index >= 15 is 0 Å². The van der Waals surface area contributed by atoms with Gasteiger partial charge in [-0.25, -0.2) is 0 Å². The fourth-order valence-corrected chi connectivity index (χ4v) is 2.76. The topological polar surface area (TPSA) is 20.3 Å². The Bertz CT molecular complexity index is 467. The van der Waals surface area contributed by atoms with Crippen LogP contribution in [0, 0.1) is 5.92 Å². The quantitative estimate of drug-likeness (QED) is 0.749. The molecular weight excluding hydrogens is 234 g/mol. The third kappa shape index (κ3) is 2.06.